The second kappa shape index (κ2) is 5.72. The molecule has 2 nitrogen and oxygen atoms in total. The molecule has 0 radical (unpaired) electrons. The molecular formula is C12H27NO. The maximum atomic E-state index is 5.88. The molecule has 0 aliphatic rings. The van der Waals surface area contributed by atoms with Crippen LogP contribution >= 0.6 is 0 Å². The fraction of sp³-hybridized carbons (Fsp3) is 1.00. The molecule has 14 heavy (non-hydrogen) atoms. The zero-order valence-corrected chi connectivity index (χ0v) is 10.9. The molecule has 0 aromatic carbocycles. The van der Waals surface area contributed by atoms with Crippen molar-refractivity contribution in [3.05, 3.63) is 0 Å². The number of hydrogen-bond donors (Lipinski definition) is 0. The first-order valence-electron chi connectivity index (χ1n) is 5.57. The van der Waals surface area contributed by atoms with Crippen LogP contribution in [0.4, 0.5) is 0 Å². The summed E-state index contributed by atoms with van der Waals surface area (Å²) < 4.78 is 5.88. The van der Waals surface area contributed by atoms with E-state index in [-0.39, 0.29) is 5.41 Å². The summed E-state index contributed by atoms with van der Waals surface area (Å²) in [5.41, 5.74) is 0.241. The highest BCUT2D eigenvalue weighted by molar-refractivity contribution is 4.71. The monoisotopic (exact) mass is 201 g/mol. The Hall–Kier alpha value is -0.0800. The molecule has 0 aromatic rings. The summed E-state index contributed by atoms with van der Waals surface area (Å²) in [6, 6.07) is 0.541. The van der Waals surface area contributed by atoms with E-state index >= 15 is 0 Å². The fourth-order valence-corrected chi connectivity index (χ4v) is 1.14. The lowest BCUT2D eigenvalue weighted by atomic mass is 9.90. The largest absolute Gasteiger partial charge is 0.376 e. The molecule has 2 heteroatoms. The molecule has 0 saturated heterocycles. The average Bonchev–Trinajstić information content (AvgIpc) is 2.02. The summed E-state index contributed by atoms with van der Waals surface area (Å²) >= 11 is 0. The Morgan fingerprint density at radius 3 is 2.00 bits per heavy atom. The minimum Gasteiger partial charge on any atom is -0.376 e. The summed E-state index contributed by atoms with van der Waals surface area (Å²) in [7, 11) is 4.22. The van der Waals surface area contributed by atoms with E-state index in [9.17, 15) is 0 Å². The van der Waals surface area contributed by atoms with Gasteiger partial charge in [0.2, 0.25) is 0 Å². The summed E-state index contributed by atoms with van der Waals surface area (Å²) in [6.07, 6.45) is 1.46. The molecule has 0 aromatic heterocycles. The van der Waals surface area contributed by atoms with Gasteiger partial charge in [-0.25, -0.2) is 0 Å². The topological polar surface area (TPSA) is 12.5 Å². The zero-order valence-electron chi connectivity index (χ0n) is 10.9. The Morgan fingerprint density at radius 2 is 1.71 bits per heavy atom. The van der Waals surface area contributed by atoms with Crippen LogP contribution in [0.25, 0.3) is 0 Å². The van der Waals surface area contributed by atoms with Crippen molar-refractivity contribution in [2.45, 2.75) is 53.2 Å². The quantitative estimate of drug-likeness (QED) is 0.678. The summed E-state index contributed by atoms with van der Waals surface area (Å²) in [6.45, 7) is 11.8. The van der Waals surface area contributed by atoms with Gasteiger partial charge in [-0.3, -0.25) is 0 Å². The maximum absolute atomic E-state index is 5.88. The van der Waals surface area contributed by atoms with Crippen molar-refractivity contribution in [2.75, 3.05) is 20.7 Å². The first kappa shape index (κ1) is 13.9. The van der Waals surface area contributed by atoms with Crippen LogP contribution in [-0.4, -0.2) is 37.7 Å². The Morgan fingerprint density at radius 1 is 1.21 bits per heavy atom. The van der Waals surface area contributed by atoms with Crippen LogP contribution in [0, 0.1) is 5.41 Å². The Labute approximate surface area is 89.6 Å². The third-order valence-corrected chi connectivity index (χ3v) is 2.96. The third-order valence-electron chi connectivity index (χ3n) is 2.96. The third kappa shape index (κ3) is 4.97. The highest BCUT2D eigenvalue weighted by Gasteiger charge is 2.21. The SMILES string of the molecule is CCC(COC(C)C(C)(C)C)N(C)C. The number of likely N-dealkylation sites (N-methyl/N-ethyl adjacent to an activating group) is 1. The van der Waals surface area contributed by atoms with E-state index in [1.54, 1.807) is 0 Å². The molecule has 0 rings (SSSR count). The summed E-state index contributed by atoms with van der Waals surface area (Å²) in [5.74, 6) is 0. The van der Waals surface area contributed by atoms with Gasteiger partial charge in [-0.1, -0.05) is 27.7 Å². The predicted octanol–water partition coefficient (Wildman–Crippen LogP) is 2.78. The molecule has 0 amide bonds. The van der Waals surface area contributed by atoms with Crippen LogP contribution in [0.2, 0.25) is 0 Å². The molecule has 0 heterocycles. The van der Waals surface area contributed by atoms with Gasteiger partial charge in [0.25, 0.3) is 0 Å². The molecular weight excluding hydrogens is 174 g/mol. The van der Waals surface area contributed by atoms with Crippen molar-refractivity contribution in [3.63, 3.8) is 0 Å². The van der Waals surface area contributed by atoms with Crippen molar-refractivity contribution < 1.29 is 4.74 Å². The molecule has 0 fully saturated rings. The van der Waals surface area contributed by atoms with Crippen LogP contribution in [0.15, 0.2) is 0 Å². The van der Waals surface area contributed by atoms with Crippen molar-refractivity contribution >= 4 is 0 Å². The predicted molar refractivity (Wildman–Crippen MR) is 62.6 cm³/mol. The van der Waals surface area contributed by atoms with E-state index in [0.29, 0.717) is 12.1 Å². The second-order valence-electron chi connectivity index (χ2n) is 5.37. The van der Waals surface area contributed by atoms with Gasteiger partial charge in [-0.05, 0) is 32.9 Å². The zero-order chi connectivity index (χ0) is 11.4. The minimum absolute atomic E-state index is 0.241. The summed E-state index contributed by atoms with van der Waals surface area (Å²) in [4.78, 5) is 2.23. The standard InChI is InChI=1S/C12H27NO/c1-8-11(13(6)7)9-14-10(2)12(3,4)5/h10-11H,8-9H2,1-7H3. The molecule has 0 N–H and O–H groups in total. The molecule has 86 valence electrons. The number of rotatable bonds is 5. The van der Waals surface area contributed by atoms with Gasteiger partial charge < -0.3 is 9.64 Å². The smallest absolute Gasteiger partial charge is 0.0625 e. The fourth-order valence-electron chi connectivity index (χ4n) is 1.14. The Balaban J connectivity index is 3.92. The number of nitrogens with zero attached hydrogens (tertiary/aromatic N) is 1. The second-order valence-corrected chi connectivity index (χ2v) is 5.37. The van der Waals surface area contributed by atoms with Gasteiger partial charge in [-0.15, -0.1) is 0 Å². The Kier molecular flexibility index (Phi) is 5.68. The number of hydrogen-bond acceptors (Lipinski definition) is 2. The van der Waals surface area contributed by atoms with Gasteiger partial charge in [-0.2, -0.15) is 0 Å². The molecule has 0 aliphatic heterocycles. The molecule has 0 saturated carbocycles. The van der Waals surface area contributed by atoms with E-state index in [1.165, 1.54) is 0 Å². The van der Waals surface area contributed by atoms with Crippen LogP contribution in [-0.2, 0) is 4.74 Å². The molecule has 0 aliphatic carbocycles. The van der Waals surface area contributed by atoms with Crippen LogP contribution in [0.1, 0.15) is 41.0 Å². The lowest BCUT2D eigenvalue weighted by molar-refractivity contribution is -0.0277. The van der Waals surface area contributed by atoms with Crippen LogP contribution < -0.4 is 0 Å². The molecule has 2 atom stereocenters. The van der Waals surface area contributed by atoms with Crippen molar-refractivity contribution in [2.24, 2.45) is 5.41 Å². The normalized spacial score (nSPS) is 17.1. The van der Waals surface area contributed by atoms with E-state index < -0.39 is 0 Å². The van der Waals surface area contributed by atoms with Gasteiger partial charge >= 0.3 is 0 Å². The summed E-state index contributed by atoms with van der Waals surface area (Å²) in [5, 5.41) is 0. The van der Waals surface area contributed by atoms with Crippen molar-refractivity contribution in [1.82, 2.24) is 4.90 Å². The highest BCUT2D eigenvalue weighted by Crippen LogP contribution is 2.22. The van der Waals surface area contributed by atoms with Gasteiger partial charge in [0.05, 0.1) is 12.7 Å². The van der Waals surface area contributed by atoms with Crippen LogP contribution in [0.3, 0.4) is 0 Å². The molecule has 0 bridgehead atoms. The van der Waals surface area contributed by atoms with E-state index in [2.05, 4.69) is 53.6 Å². The molecule has 2 unspecified atom stereocenters. The number of ether oxygens (including phenoxy) is 1. The first-order chi connectivity index (χ1) is 6.29. The average molecular weight is 201 g/mol. The highest BCUT2D eigenvalue weighted by atomic mass is 16.5. The van der Waals surface area contributed by atoms with Crippen molar-refractivity contribution in [3.8, 4) is 0 Å². The lowest BCUT2D eigenvalue weighted by Gasteiger charge is -2.30. The van der Waals surface area contributed by atoms with E-state index in [4.69, 9.17) is 4.74 Å². The first-order valence-corrected chi connectivity index (χ1v) is 5.57. The molecule has 0 spiro atoms. The maximum Gasteiger partial charge on any atom is 0.0625 e. The van der Waals surface area contributed by atoms with Gasteiger partial charge in [0.15, 0.2) is 0 Å². The van der Waals surface area contributed by atoms with Crippen LogP contribution in [0.5, 0.6) is 0 Å². The van der Waals surface area contributed by atoms with E-state index in [0.717, 1.165) is 13.0 Å². The minimum atomic E-state index is 0.241. The van der Waals surface area contributed by atoms with Gasteiger partial charge in [0.1, 0.15) is 0 Å². The van der Waals surface area contributed by atoms with E-state index in [1.807, 2.05) is 0 Å². The lowest BCUT2D eigenvalue weighted by Crippen LogP contribution is -2.36. The van der Waals surface area contributed by atoms with Crippen molar-refractivity contribution in [1.29, 1.82) is 0 Å². The Bertz CT molecular complexity index is 147. The van der Waals surface area contributed by atoms with Gasteiger partial charge in [0, 0.05) is 6.04 Å².